The second kappa shape index (κ2) is 3.11. The maximum absolute atomic E-state index is 10.1. The molecule has 0 aromatic heterocycles. The molecule has 0 spiro atoms. The minimum Gasteiger partial charge on any atom is -0.479 e. The molecule has 0 aromatic rings. The molecule has 60 valence electrons. The molecular weight excluding hydrogens is 156 g/mol. The van der Waals surface area contributed by atoms with Crippen LogP contribution in [0.25, 0.3) is 0 Å². The third-order valence-corrected chi connectivity index (χ3v) is 1.55. The summed E-state index contributed by atoms with van der Waals surface area (Å²) in [6.45, 7) is 2.31. The van der Waals surface area contributed by atoms with Gasteiger partial charge in [0.15, 0.2) is 0 Å². The van der Waals surface area contributed by atoms with Crippen LogP contribution in [0, 0.1) is 0 Å². The van der Waals surface area contributed by atoms with E-state index < -0.39 is 20.9 Å². The minimum absolute atomic E-state index is 1.08. The van der Waals surface area contributed by atoms with E-state index in [-0.39, 0.29) is 0 Å². The van der Waals surface area contributed by atoms with Gasteiger partial charge < -0.3 is 19.1 Å². The van der Waals surface area contributed by atoms with Crippen LogP contribution in [0.2, 0.25) is 6.55 Å². The minimum atomic E-state index is -3.66. The van der Waals surface area contributed by atoms with Crippen molar-refractivity contribution >= 4 is 14.8 Å². The van der Waals surface area contributed by atoms with E-state index in [1.807, 2.05) is 0 Å². The number of hydrogen-bond donors (Lipinski definition) is 3. The second-order valence-corrected chi connectivity index (χ2v) is 4.14. The standard InChI is InChI=1S/C4H10O5Si/c1-3(4(5)6)9-10(2,7)8/h3,7-8H,1-2H3,(H,5,6). The van der Waals surface area contributed by atoms with Crippen molar-refractivity contribution in [3.63, 3.8) is 0 Å². The lowest BCUT2D eigenvalue weighted by Gasteiger charge is -2.15. The molecule has 0 bridgehead atoms. The van der Waals surface area contributed by atoms with E-state index in [1.54, 1.807) is 0 Å². The van der Waals surface area contributed by atoms with Crippen molar-refractivity contribution in [1.29, 1.82) is 0 Å². The Morgan fingerprint density at radius 3 is 2.10 bits per heavy atom. The van der Waals surface area contributed by atoms with Crippen molar-refractivity contribution in [2.75, 3.05) is 0 Å². The van der Waals surface area contributed by atoms with Gasteiger partial charge in [-0.05, 0) is 6.92 Å². The highest BCUT2D eigenvalue weighted by Gasteiger charge is 2.29. The normalized spacial score (nSPS) is 14.8. The number of rotatable bonds is 3. The smallest absolute Gasteiger partial charge is 0.479 e. The van der Waals surface area contributed by atoms with Crippen LogP contribution in [-0.2, 0) is 9.22 Å². The molecule has 1 atom stereocenters. The van der Waals surface area contributed by atoms with Gasteiger partial charge in [-0.25, -0.2) is 4.79 Å². The van der Waals surface area contributed by atoms with Crippen LogP contribution in [0.5, 0.6) is 0 Å². The van der Waals surface area contributed by atoms with E-state index >= 15 is 0 Å². The van der Waals surface area contributed by atoms with E-state index in [0.29, 0.717) is 0 Å². The van der Waals surface area contributed by atoms with Gasteiger partial charge in [-0.3, -0.25) is 0 Å². The van der Waals surface area contributed by atoms with Gasteiger partial charge in [0, 0.05) is 6.55 Å². The van der Waals surface area contributed by atoms with E-state index in [0.717, 1.165) is 6.55 Å². The zero-order chi connectivity index (χ0) is 8.36. The topological polar surface area (TPSA) is 87.0 Å². The number of carbonyl (C=O) groups is 1. The van der Waals surface area contributed by atoms with Crippen molar-refractivity contribution < 1.29 is 23.9 Å². The molecule has 0 aliphatic rings. The number of hydrogen-bond acceptors (Lipinski definition) is 4. The zero-order valence-corrected chi connectivity index (χ0v) is 6.74. The molecule has 6 heteroatoms. The molecule has 1 unspecified atom stereocenters. The maximum Gasteiger partial charge on any atom is 0.492 e. The summed E-state index contributed by atoms with van der Waals surface area (Å²) in [6, 6.07) is 0. The molecule has 0 saturated heterocycles. The first-order chi connectivity index (χ1) is 4.33. The fourth-order valence-electron chi connectivity index (χ4n) is 0.385. The van der Waals surface area contributed by atoms with Crippen molar-refractivity contribution in [2.24, 2.45) is 0 Å². The van der Waals surface area contributed by atoms with Crippen molar-refractivity contribution in [2.45, 2.75) is 19.6 Å². The Balaban J connectivity index is 3.80. The van der Waals surface area contributed by atoms with Crippen molar-refractivity contribution in [1.82, 2.24) is 0 Å². The molecule has 0 saturated carbocycles. The van der Waals surface area contributed by atoms with Crippen LogP contribution >= 0.6 is 0 Å². The summed E-state index contributed by atoms with van der Waals surface area (Å²) < 4.78 is 4.35. The highest BCUT2D eigenvalue weighted by Crippen LogP contribution is 1.99. The maximum atomic E-state index is 10.1. The van der Waals surface area contributed by atoms with Gasteiger partial charge in [0.1, 0.15) is 6.10 Å². The van der Waals surface area contributed by atoms with Gasteiger partial charge in [-0.1, -0.05) is 0 Å². The zero-order valence-electron chi connectivity index (χ0n) is 5.74. The first kappa shape index (κ1) is 9.57. The SMILES string of the molecule is CC(O[Si](C)(O)O)C(=O)O. The van der Waals surface area contributed by atoms with Gasteiger partial charge in [0.05, 0.1) is 0 Å². The van der Waals surface area contributed by atoms with Gasteiger partial charge in [-0.2, -0.15) is 0 Å². The predicted molar refractivity (Wildman–Crippen MR) is 34.2 cm³/mol. The first-order valence-electron chi connectivity index (χ1n) is 2.68. The van der Waals surface area contributed by atoms with Crippen LogP contribution in [0.1, 0.15) is 6.92 Å². The van der Waals surface area contributed by atoms with Crippen LogP contribution < -0.4 is 0 Å². The second-order valence-electron chi connectivity index (χ2n) is 2.03. The van der Waals surface area contributed by atoms with Crippen molar-refractivity contribution in [3.8, 4) is 0 Å². The molecule has 0 aliphatic carbocycles. The Bertz CT molecular complexity index is 128. The molecule has 0 fully saturated rings. The fourth-order valence-corrected chi connectivity index (χ4v) is 1.16. The third kappa shape index (κ3) is 4.45. The third-order valence-electron chi connectivity index (χ3n) is 0.748. The van der Waals surface area contributed by atoms with Crippen LogP contribution in [0.3, 0.4) is 0 Å². The fraction of sp³-hybridized carbons (Fsp3) is 0.750. The quantitative estimate of drug-likeness (QED) is 0.469. The number of aliphatic carboxylic acids is 1. The molecule has 0 radical (unpaired) electrons. The lowest BCUT2D eigenvalue weighted by atomic mass is 10.4. The highest BCUT2D eigenvalue weighted by atomic mass is 28.4. The molecule has 0 aromatic carbocycles. The summed E-state index contributed by atoms with van der Waals surface area (Å²) >= 11 is 0. The van der Waals surface area contributed by atoms with Crippen LogP contribution in [0.15, 0.2) is 0 Å². The molecule has 0 rings (SSSR count). The Kier molecular flexibility index (Phi) is 2.97. The highest BCUT2D eigenvalue weighted by molar-refractivity contribution is 6.56. The van der Waals surface area contributed by atoms with E-state index in [4.69, 9.17) is 14.7 Å². The molecule has 0 aliphatic heterocycles. The molecule has 0 heterocycles. The number of carboxylic acid groups (broad SMARTS) is 1. The summed E-state index contributed by atoms with van der Waals surface area (Å²) in [4.78, 5) is 27.3. The average Bonchev–Trinajstić information content (AvgIpc) is 1.60. The van der Waals surface area contributed by atoms with Gasteiger partial charge in [-0.15, -0.1) is 0 Å². The lowest BCUT2D eigenvalue weighted by Crippen LogP contribution is -2.40. The van der Waals surface area contributed by atoms with Crippen molar-refractivity contribution in [3.05, 3.63) is 0 Å². The summed E-state index contributed by atoms with van der Waals surface area (Å²) in [5.41, 5.74) is 0. The molecule has 10 heavy (non-hydrogen) atoms. The summed E-state index contributed by atoms with van der Waals surface area (Å²) in [6.07, 6.45) is -1.16. The lowest BCUT2D eigenvalue weighted by molar-refractivity contribution is -0.146. The van der Waals surface area contributed by atoms with Crippen LogP contribution in [0.4, 0.5) is 0 Å². The Morgan fingerprint density at radius 2 is 2.00 bits per heavy atom. The molecule has 5 nitrogen and oxygen atoms in total. The summed E-state index contributed by atoms with van der Waals surface area (Å²) in [7, 11) is -3.66. The van der Waals surface area contributed by atoms with Gasteiger partial charge >= 0.3 is 14.8 Å². The molecule has 0 amide bonds. The van der Waals surface area contributed by atoms with Gasteiger partial charge in [0.2, 0.25) is 0 Å². The Hall–Kier alpha value is -0.433. The van der Waals surface area contributed by atoms with E-state index in [2.05, 4.69) is 4.43 Å². The Labute approximate surface area is 59.2 Å². The monoisotopic (exact) mass is 166 g/mol. The Morgan fingerprint density at radius 1 is 1.60 bits per heavy atom. The summed E-state index contributed by atoms with van der Waals surface area (Å²) in [5.74, 6) is -1.21. The predicted octanol–water partition coefficient (Wildman–Crippen LogP) is -0.971. The number of carboxylic acids is 1. The average molecular weight is 166 g/mol. The first-order valence-corrected chi connectivity index (χ1v) is 4.98. The summed E-state index contributed by atoms with van der Waals surface area (Å²) in [5, 5.41) is 8.22. The molecule has 3 N–H and O–H groups in total. The van der Waals surface area contributed by atoms with E-state index in [1.165, 1.54) is 6.92 Å². The molecular formula is C4H10O5Si. The van der Waals surface area contributed by atoms with Gasteiger partial charge in [0.25, 0.3) is 0 Å². The van der Waals surface area contributed by atoms with Crippen LogP contribution in [-0.4, -0.2) is 35.6 Å². The van der Waals surface area contributed by atoms with E-state index in [9.17, 15) is 4.79 Å². The largest absolute Gasteiger partial charge is 0.492 e.